The van der Waals surface area contributed by atoms with Crippen LogP contribution in [0.25, 0.3) is 0 Å². The van der Waals surface area contributed by atoms with Gasteiger partial charge in [-0.1, -0.05) is 28.1 Å². The van der Waals surface area contributed by atoms with Crippen molar-refractivity contribution < 1.29 is 9.53 Å². The number of benzene rings is 2. The van der Waals surface area contributed by atoms with Crippen molar-refractivity contribution in [1.82, 2.24) is 5.32 Å². The molecule has 2 aromatic rings. The fraction of sp³-hybridized carbons (Fsp3) is 0.278. The molecular weight excluding hydrogens is 356 g/mol. The Balaban J connectivity index is 1.76. The van der Waals surface area contributed by atoms with Gasteiger partial charge in [0.1, 0.15) is 12.4 Å². The highest BCUT2D eigenvalue weighted by Crippen LogP contribution is 2.20. The number of ether oxygens (including phenoxy) is 1. The summed E-state index contributed by atoms with van der Waals surface area (Å²) in [6.07, 6.45) is 0. The summed E-state index contributed by atoms with van der Waals surface area (Å²) >= 11 is 3.44. The van der Waals surface area contributed by atoms with Crippen LogP contribution < -0.4 is 15.4 Å². The molecule has 0 bridgehead atoms. The number of urea groups is 1. The van der Waals surface area contributed by atoms with Crippen molar-refractivity contribution in [2.75, 3.05) is 18.5 Å². The van der Waals surface area contributed by atoms with Crippen LogP contribution in [0.1, 0.15) is 16.7 Å². The number of amides is 2. The molecule has 0 unspecified atom stereocenters. The first kappa shape index (κ1) is 17.3. The van der Waals surface area contributed by atoms with Gasteiger partial charge in [-0.25, -0.2) is 4.79 Å². The van der Waals surface area contributed by atoms with Gasteiger partial charge in [0.2, 0.25) is 0 Å². The largest absolute Gasteiger partial charge is 0.491 e. The van der Waals surface area contributed by atoms with Crippen LogP contribution in [0.4, 0.5) is 10.5 Å². The van der Waals surface area contributed by atoms with Gasteiger partial charge >= 0.3 is 6.03 Å². The molecule has 5 heteroatoms. The van der Waals surface area contributed by atoms with E-state index in [1.54, 1.807) is 0 Å². The van der Waals surface area contributed by atoms with Crippen LogP contribution in [-0.2, 0) is 0 Å². The molecule has 4 nitrogen and oxygen atoms in total. The van der Waals surface area contributed by atoms with Crippen LogP contribution >= 0.6 is 15.9 Å². The molecular formula is C18H21BrN2O2. The molecule has 0 saturated carbocycles. The van der Waals surface area contributed by atoms with E-state index in [0.717, 1.165) is 32.6 Å². The minimum atomic E-state index is -0.240. The Morgan fingerprint density at radius 3 is 2.61 bits per heavy atom. The van der Waals surface area contributed by atoms with Gasteiger partial charge in [0.25, 0.3) is 0 Å². The van der Waals surface area contributed by atoms with Crippen LogP contribution in [0.15, 0.2) is 40.9 Å². The summed E-state index contributed by atoms with van der Waals surface area (Å²) in [5, 5.41) is 5.59. The number of carbonyl (C=O) groups excluding carboxylic acids is 1. The number of aryl methyl sites for hydroxylation is 3. The van der Waals surface area contributed by atoms with Crippen LogP contribution in [-0.4, -0.2) is 19.2 Å². The maximum absolute atomic E-state index is 11.9. The van der Waals surface area contributed by atoms with E-state index in [2.05, 4.69) is 26.6 Å². The molecule has 0 aliphatic rings. The first-order valence-corrected chi connectivity index (χ1v) is 8.26. The molecule has 0 radical (unpaired) electrons. The molecule has 0 aliphatic carbocycles. The standard InChI is InChI=1S/C18H21BrN2O2/c1-12-4-5-13(2)17(10-12)23-9-8-20-18(22)21-15-6-7-16(19)14(3)11-15/h4-7,10-11H,8-9H2,1-3H3,(H2,20,21,22). The molecule has 2 rings (SSSR count). The zero-order chi connectivity index (χ0) is 16.8. The average Bonchev–Trinajstić information content (AvgIpc) is 2.51. The topological polar surface area (TPSA) is 50.4 Å². The van der Waals surface area contributed by atoms with E-state index in [1.165, 1.54) is 0 Å². The number of halogens is 1. The minimum absolute atomic E-state index is 0.240. The summed E-state index contributed by atoms with van der Waals surface area (Å²) in [6, 6.07) is 11.5. The minimum Gasteiger partial charge on any atom is -0.491 e. The third kappa shape index (κ3) is 5.28. The predicted octanol–water partition coefficient (Wildman–Crippen LogP) is 4.57. The van der Waals surface area contributed by atoms with Crippen molar-refractivity contribution in [1.29, 1.82) is 0 Å². The molecule has 2 aromatic carbocycles. The third-order valence-electron chi connectivity index (χ3n) is 3.40. The monoisotopic (exact) mass is 376 g/mol. The molecule has 0 aliphatic heterocycles. The number of anilines is 1. The molecule has 0 heterocycles. The Kier molecular flexibility index (Phi) is 6.04. The Bertz CT molecular complexity index is 701. The second-order valence-corrected chi connectivity index (χ2v) is 6.32. The van der Waals surface area contributed by atoms with Crippen molar-refractivity contribution >= 4 is 27.6 Å². The molecule has 2 amide bonds. The molecule has 23 heavy (non-hydrogen) atoms. The Labute approximate surface area is 145 Å². The van der Waals surface area contributed by atoms with Crippen LogP contribution in [0.3, 0.4) is 0 Å². The Hall–Kier alpha value is -2.01. The van der Waals surface area contributed by atoms with Crippen molar-refractivity contribution in [3.05, 3.63) is 57.6 Å². The average molecular weight is 377 g/mol. The summed E-state index contributed by atoms with van der Waals surface area (Å²) in [4.78, 5) is 11.9. The summed E-state index contributed by atoms with van der Waals surface area (Å²) in [5.41, 5.74) is 4.08. The second kappa shape index (κ2) is 8.02. The zero-order valence-corrected chi connectivity index (χ0v) is 15.2. The predicted molar refractivity (Wildman–Crippen MR) is 97.3 cm³/mol. The number of carbonyl (C=O) groups is 1. The lowest BCUT2D eigenvalue weighted by atomic mass is 10.1. The van der Waals surface area contributed by atoms with E-state index >= 15 is 0 Å². The molecule has 0 atom stereocenters. The van der Waals surface area contributed by atoms with E-state index < -0.39 is 0 Å². The highest BCUT2D eigenvalue weighted by molar-refractivity contribution is 9.10. The summed E-state index contributed by atoms with van der Waals surface area (Å²) in [5.74, 6) is 0.857. The van der Waals surface area contributed by atoms with Crippen molar-refractivity contribution in [3.8, 4) is 5.75 Å². The molecule has 0 spiro atoms. The zero-order valence-electron chi connectivity index (χ0n) is 13.6. The second-order valence-electron chi connectivity index (χ2n) is 5.46. The van der Waals surface area contributed by atoms with E-state index in [-0.39, 0.29) is 6.03 Å². The normalized spacial score (nSPS) is 10.3. The summed E-state index contributed by atoms with van der Waals surface area (Å²) < 4.78 is 6.72. The summed E-state index contributed by atoms with van der Waals surface area (Å²) in [7, 11) is 0. The van der Waals surface area contributed by atoms with Crippen LogP contribution in [0.2, 0.25) is 0 Å². The van der Waals surface area contributed by atoms with Gasteiger partial charge in [-0.05, 0) is 61.7 Å². The van der Waals surface area contributed by atoms with Crippen molar-refractivity contribution in [2.45, 2.75) is 20.8 Å². The number of hydrogen-bond acceptors (Lipinski definition) is 2. The molecule has 2 N–H and O–H groups in total. The smallest absolute Gasteiger partial charge is 0.319 e. The fourth-order valence-electron chi connectivity index (χ4n) is 2.09. The highest BCUT2D eigenvalue weighted by Gasteiger charge is 2.04. The van der Waals surface area contributed by atoms with Gasteiger partial charge in [-0.15, -0.1) is 0 Å². The van der Waals surface area contributed by atoms with Crippen LogP contribution in [0.5, 0.6) is 5.75 Å². The summed E-state index contributed by atoms with van der Waals surface area (Å²) in [6.45, 7) is 6.87. The van der Waals surface area contributed by atoms with E-state index in [0.29, 0.717) is 13.2 Å². The Morgan fingerprint density at radius 1 is 1.09 bits per heavy atom. The first-order valence-electron chi connectivity index (χ1n) is 7.47. The van der Waals surface area contributed by atoms with E-state index in [1.807, 2.05) is 57.2 Å². The molecule has 122 valence electrons. The maximum atomic E-state index is 11.9. The number of rotatable bonds is 5. The first-order chi connectivity index (χ1) is 11.0. The lowest BCUT2D eigenvalue weighted by molar-refractivity contribution is 0.247. The Morgan fingerprint density at radius 2 is 1.87 bits per heavy atom. The van der Waals surface area contributed by atoms with Crippen LogP contribution in [0, 0.1) is 20.8 Å². The highest BCUT2D eigenvalue weighted by atomic mass is 79.9. The van der Waals surface area contributed by atoms with E-state index in [9.17, 15) is 4.79 Å². The van der Waals surface area contributed by atoms with Gasteiger partial charge in [-0.3, -0.25) is 0 Å². The van der Waals surface area contributed by atoms with Crippen molar-refractivity contribution in [2.24, 2.45) is 0 Å². The van der Waals surface area contributed by atoms with Crippen molar-refractivity contribution in [3.63, 3.8) is 0 Å². The molecule has 0 saturated heterocycles. The van der Waals surface area contributed by atoms with Gasteiger partial charge < -0.3 is 15.4 Å². The SMILES string of the molecule is Cc1ccc(C)c(OCCNC(=O)Nc2ccc(Br)c(C)c2)c1. The van der Waals surface area contributed by atoms with E-state index in [4.69, 9.17) is 4.74 Å². The lowest BCUT2D eigenvalue weighted by Crippen LogP contribution is -2.32. The number of hydrogen-bond donors (Lipinski definition) is 2. The number of nitrogens with one attached hydrogen (secondary N) is 2. The lowest BCUT2D eigenvalue weighted by Gasteiger charge is -2.11. The van der Waals surface area contributed by atoms with Gasteiger partial charge in [-0.2, -0.15) is 0 Å². The maximum Gasteiger partial charge on any atom is 0.319 e. The van der Waals surface area contributed by atoms with Gasteiger partial charge in [0.05, 0.1) is 6.54 Å². The van der Waals surface area contributed by atoms with Gasteiger partial charge in [0.15, 0.2) is 0 Å². The third-order valence-corrected chi connectivity index (χ3v) is 4.29. The van der Waals surface area contributed by atoms with Gasteiger partial charge in [0, 0.05) is 10.2 Å². The fourth-order valence-corrected chi connectivity index (χ4v) is 2.33. The molecule has 0 aromatic heterocycles. The molecule has 0 fully saturated rings. The quantitative estimate of drug-likeness (QED) is 0.750.